The third-order valence-electron chi connectivity index (χ3n) is 2.41. The van der Waals surface area contributed by atoms with Crippen LogP contribution >= 0.6 is 0 Å². The zero-order valence-corrected chi connectivity index (χ0v) is 9.97. The molecule has 0 saturated heterocycles. The molecule has 1 aromatic carbocycles. The molecule has 0 atom stereocenters. The number of halogens is 3. The highest BCUT2D eigenvalue weighted by molar-refractivity contribution is 5.43. The van der Waals surface area contributed by atoms with Crippen molar-refractivity contribution in [3.05, 3.63) is 41.5 Å². The number of benzene rings is 1. The SMILES string of the molecule is CCNc1nc(C)cn1-c1cc(F)c(F)c(F)c1. The molecule has 0 bridgehead atoms. The molecule has 2 rings (SSSR count). The van der Waals surface area contributed by atoms with Crippen molar-refractivity contribution in [1.82, 2.24) is 9.55 Å². The minimum atomic E-state index is -1.47. The molecule has 0 aliphatic carbocycles. The second-order valence-electron chi connectivity index (χ2n) is 3.83. The van der Waals surface area contributed by atoms with Gasteiger partial charge in [0.2, 0.25) is 5.95 Å². The van der Waals surface area contributed by atoms with Crippen molar-refractivity contribution < 1.29 is 13.2 Å². The van der Waals surface area contributed by atoms with Crippen molar-refractivity contribution in [3.63, 3.8) is 0 Å². The summed E-state index contributed by atoms with van der Waals surface area (Å²) in [4.78, 5) is 4.17. The second-order valence-corrected chi connectivity index (χ2v) is 3.83. The summed E-state index contributed by atoms with van der Waals surface area (Å²) in [5.41, 5.74) is 0.874. The van der Waals surface area contributed by atoms with Gasteiger partial charge in [0.25, 0.3) is 0 Å². The van der Waals surface area contributed by atoms with Gasteiger partial charge in [0.15, 0.2) is 17.5 Å². The van der Waals surface area contributed by atoms with Gasteiger partial charge >= 0.3 is 0 Å². The maximum absolute atomic E-state index is 13.2. The number of rotatable bonds is 3. The standard InChI is InChI=1S/C12H12F3N3/c1-3-16-12-17-7(2)6-18(12)8-4-9(13)11(15)10(14)5-8/h4-6H,3H2,1-2H3,(H,16,17). The molecule has 1 heterocycles. The number of imidazole rings is 1. The quantitative estimate of drug-likeness (QED) is 0.854. The van der Waals surface area contributed by atoms with E-state index in [0.717, 1.165) is 12.1 Å². The summed E-state index contributed by atoms with van der Waals surface area (Å²) in [6.07, 6.45) is 1.62. The van der Waals surface area contributed by atoms with Crippen molar-refractivity contribution in [2.45, 2.75) is 13.8 Å². The monoisotopic (exact) mass is 255 g/mol. The van der Waals surface area contributed by atoms with E-state index in [-0.39, 0.29) is 5.69 Å². The summed E-state index contributed by atoms with van der Waals surface area (Å²) < 4.78 is 40.7. The molecule has 0 spiro atoms. The minimum Gasteiger partial charge on any atom is -0.356 e. The summed E-state index contributed by atoms with van der Waals surface area (Å²) in [6, 6.07) is 1.86. The molecule has 0 saturated carbocycles. The van der Waals surface area contributed by atoms with Gasteiger partial charge in [-0.25, -0.2) is 18.2 Å². The zero-order chi connectivity index (χ0) is 13.3. The molecule has 3 nitrogen and oxygen atoms in total. The summed E-state index contributed by atoms with van der Waals surface area (Å²) in [6.45, 7) is 4.25. The van der Waals surface area contributed by atoms with Crippen LogP contribution in [0.2, 0.25) is 0 Å². The van der Waals surface area contributed by atoms with Crippen LogP contribution in [0.3, 0.4) is 0 Å². The van der Waals surface area contributed by atoms with E-state index in [0.29, 0.717) is 18.2 Å². The summed E-state index contributed by atoms with van der Waals surface area (Å²) in [5.74, 6) is -3.46. The Labute approximate surface area is 102 Å². The predicted octanol–water partition coefficient (Wildman–Crippen LogP) is 3.03. The highest BCUT2D eigenvalue weighted by atomic mass is 19.2. The first-order valence-corrected chi connectivity index (χ1v) is 5.47. The fourth-order valence-corrected chi connectivity index (χ4v) is 1.66. The number of aromatic nitrogens is 2. The molecule has 0 unspecified atom stereocenters. The van der Waals surface area contributed by atoms with E-state index in [2.05, 4.69) is 10.3 Å². The highest BCUT2D eigenvalue weighted by Crippen LogP contribution is 2.21. The zero-order valence-electron chi connectivity index (χ0n) is 9.97. The van der Waals surface area contributed by atoms with E-state index in [9.17, 15) is 13.2 Å². The van der Waals surface area contributed by atoms with Gasteiger partial charge in [-0.2, -0.15) is 0 Å². The molecule has 1 aromatic heterocycles. The Morgan fingerprint density at radius 2 is 1.83 bits per heavy atom. The van der Waals surface area contributed by atoms with Crippen LogP contribution in [0, 0.1) is 24.4 Å². The Balaban J connectivity index is 2.54. The van der Waals surface area contributed by atoms with Crippen LogP contribution < -0.4 is 5.32 Å². The average Bonchev–Trinajstić information content (AvgIpc) is 2.67. The Morgan fingerprint density at radius 3 is 2.39 bits per heavy atom. The van der Waals surface area contributed by atoms with Crippen LogP contribution in [0.25, 0.3) is 5.69 Å². The molecule has 0 radical (unpaired) electrons. The summed E-state index contributed by atoms with van der Waals surface area (Å²) in [7, 11) is 0. The van der Waals surface area contributed by atoms with Gasteiger partial charge in [0.1, 0.15) is 0 Å². The summed E-state index contributed by atoms with van der Waals surface area (Å²) >= 11 is 0. The Bertz CT molecular complexity index is 555. The molecule has 6 heteroatoms. The third-order valence-corrected chi connectivity index (χ3v) is 2.41. The first-order valence-electron chi connectivity index (χ1n) is 5.47. The molecular formula is C12H12F3N3. The summed E-state index contributed by atoms with van der Waals surface area (Å²) in [5, 5.41) is 2.96. The molecule has 1 N–H and O–H groups in total. The molecule has 0 aliphatic heterocycles. The molecule has 0 amide bonds. The smallest absolute Gasteiger partial charge is 0.207 e. The van der Waals surface area contributed by atoms with E-state index in [1.54, 1.807) is 13.1 Å². The third kappa shape index (κ3) is 2.18. The van der Waals surface area contributed by atoms with Gasteiger partial charge in [-0.05, 0) is 13.8 Å². The minimum absolute atomic E-state index is 0.183. The largest absolute Gasteiger partial charge is 0.356 e. The number of aryl methyl sites for hydroxylation is 1. The number of anilines is 1. The lowest BCUT2D eigenvalue weighted by molar-refractivity contribution is 0.446. The predicted molar refractivity (Wildman–Crippen MR) is 62.3 cm³/mol. The van der Waals surface area contributed by atoms with Crippen LogP contribution in [0.5, 0.6) is 0 Å². The van der Waals surface area contributed by atoms with Gasteiger partial charge < -0.3 is 5.32 Å². The topological polar surface area (TPSA) is 29.9 Å². The van der Waals surface area contributed by atoms with E-state index in [1.165, 1.54) is 4.57 Å². The highest BCUT2D eigenvalue weighted by Gasteiger charge is 2.14. The lowest BCUT2D eigenvalue weighted by atomic mass is 10.3. The fraction of sp³-hybridized carbons (Fsp3) is 0.250. The lowest BCUT2D eigenvalue weighted by Crippen LogP contribution is -2.06. The maximum atomic E-state index is 13.2. The molecular weight excluding hydrogens is 243 g/mol. The number of hydrogen-bond donors (Lipinski definition) is 1. The van der Waals surface area contributed by atoms with Crippen molar-refractivity contribution in [1.29, 1.82) is 0 Å². The average molecular weight is 255 g/mol. The van der Waals surface area contributed by atoms with Crippen molar-refractivity contribution >= 4 is 5.95 Å². The first-order chi connectivity index (χ1) is 8.52. The van der Waals surface area contributed by atoms with Gasteiger partial charge in [0.05, 0.1) is 11.4 Å². The van der Waals surface area contributed by atoms with Gasteiger partial charge in [-0.1, -0.05) is 0 Å². The van der Waals surface area contributed by atoms with Crippen LogP contribution in [0.15, 0.2) is 18.3 Å². The van der Waals surface area contributed by atoms with Crippen LogP contribution in [0.1, 0.15) is 12.6 Å². The van der Waals surface area contributed by atoms with Gasteiger partial charge in [-0.15, -0.1) is 0 Å². The van der Waals surface area contributed by atoms with Crippen LogP contribution in [-0.2, 0) is 0 Å². The van der Waals surface area contributed by atoms with Gasteiger partial charge in [-0.3, -0.25) is 4.57 Å². The van der Waals surface area contributed by atoms with Gasteiger partial charge in [0, 0.05) is 24.9 Å². The number of hydrogen-bond acceptors (Lipinski definition) is 2. The number of nitrogens with zero attached hydrogens (tertiary/aromatic N) is 2. The molecule has 0 aliphatic rings. The fourth-order valence-electron chi connectivity index (χ4n) is 1.66. The van der Waals surface area contributed by atoms with Crippen molar-refractivity contribution in [3.8, 4) is 5.69 Å². The molecule has 96 valence electrons. The Kier molecular flexibility index (Phi) is 3.27. The molecule has 2 aromatic rings. The first kappa shape index (κ1) is 12.5. The normalized spacial score (nSPS) is 10.7. The molecule has 0 fully saturated rings. The van der Waals surface area contributed by atoms with E-state index < -0.39 is 17.5 Å². The Morgan fingerprint density at radius 1 is 1.22 bits per heavy atom. The second kappa shape index (κ2) is 4.72. The molecule has 18 heavy (non-hydrogen) atoms. The van der Waals surface area contributed by atoms with E-state index in [4.69, 9.17) is 0 Å². The van der Waals surface area contributed by atoms with Crippen LogP contribution in [0.4, 0.5) is 19.1 Å². The van der Waals surface area contributed by atoms with Crippen LogP contribution in [-0.4, -0.2) is 16.1 Å². The van der Waals surface area contributed by atoms with Crippen molar-refractivity contribution in [2.24, 2.45) is 0 Å². The van der Waals surface area contributed by atoms with E-state index >= 15 is 0 Å². The van der Waals surface area contributed by atoms with Crippen molar-refractivity contribution in [2.75, 3.05) is 11.9 Å². The lowest BCUT2D eigenvalue weighted by Gasteiger charge is -2.09. The Hall–Kier alpha value is -1.98. The number of nitrogens with one attached hydrogen (secondary N) is 1. The maximum Gasteiger partial charge on any atom is 0.207 e. The van der Waals surface area contributed by atoms with E-state index in [1.807, 2.05) is 6.92 Å².